The van der Waals surface area contributed by atoms with Crippen molar-refractivity contribution in [2.75, 3.05) is 7.11 Å². The lowest BCUT2D eigenvalue weighted by Gasteiger charge is -2.13. The van der Waals surface area contributed by atoms with Crippen molar-refractivity contribution in [1.29, 1.82) is 0 Å². The maximum Gasteiger partial charge on any atom is 0.416 e. The molecule has 1 aromatic heterocycles. The molecule has 0 radical (unpaired) electrons. The van der Waals surface area contributed by atoms with Gasteiger partial charge in [-0.3, -0.25) is 25.2 Å². The van der Waals surface area contributed by atoms with E-state index in [1.807, 2.05) is 0 Å². The first-order valence-corrected chi connectivity index (χ1v) is 8.18. The van der Waals surface area contributed by atoms with Crippen molar-refractivity contribution in [1.82, 2.24) is 4.98 Å². The molecule has 0 bridgehead atoms. The van der Waals surface area contributed by atoms with E-state index in [1.165, 1.54) is 19.2 Å². The van der Waals surface area contributed by atoms with Gasteiger partial charge in [-0.05, 0) is 25.1 Å². The van der Waals surface area contributed by atoms with Crippen LogP contribution in [-0.4, -0.2) is 21.9 Å². The molecule has 0 aliphatic carbocycles. The van der Waals surface area contributed by atoms with Crippen molar-refractivity contribution in [3.05, 3.63) is 67.9 Å². The average Bonchev–Trinajstić information content (AvgIpc) is 2.66. The van der Waals surface area contributed by atoms with Gasteiger partial charge in [-0.25, -0.2) is 0 Å². The van der Waals surface area contributed by atoms with Crippen LogP contribution in [-0.2, 0) is 6.18 Å². The summed E-state index contributed by atoms with van der Waals surface area (Å²) in [6.07, 6.45) is -5.03. The number of rotatable bonds is 5. The first-order valence-electron chi connectivity index (χ1n) is 8.18. The fourth-order valence-corrected chi connectivity index (χ4v) is 2.76. The van der Waals surface area contributed by atoms with Gasteiger partial charge in [-0.2, -0.15) is 13.2 Å². The van der Waals surface area contributed by atoms with Gasteiger partial charge in [0.25, 0.3) is 5.75 Å². The smallest absolute Gasteiger partial charge is 0.416 e. The van der Waals surface area contributed by atoms with Crippen molar-refractivity contribution in [3.8, 4) is 17.2 Å². The Morgan fingerprint density at radius 2 is 1.60 bits per heavy atom. The van der Waals surface area contributed by atoms with Gasteiger partial charge in [-0.15, -0.1) is 0 Å². The molecule has 9 nitrogen and oxygen atoms in total. The number of hydrogen-bond acceptors (Lipinski definition) is 7. The maximum absolute atomic E-state index is 13.1. The molecule has 0 unspecified atom stereocenters. The number of methoxy groups -OCH3 is 1. The van der Waals surface area contributed by atoms with Gasteiger partial charge in [0.05, 0.1) is 28.0 Å². The van der Waals surface area contributed by atoms with E-state index in [4.69, 9.17) is 9.47 Å². The number of nitro groups is 2. The molecule has 0 aliphatic heterocycles. The number of halogens is 3. The molecule has 0 fully saturated rings. The van der Waals surface area contributed by atoms with E-state index in [1.54, 1.807) is 19.1 Å². The van der Waals surface area contributed by atoms with Crippen LogP contribution in [0, 0.1) is 27.2 Å². The summed E-state index contributed by atoms with van der Waals surface area (Å²) in [4.78, 5) is 24.7. The lowest BCUT2D eigenvalue weighted by Crippen LogP contribution is -2.08. The number of pyridine rings is 1. The second-order valence-corrected chi connectivity index (χ2v) is 6.10. The first kappa shape index (κ1) is 20.8. The maximum atomic E-state index is 13.1. The lowest BCUT2D eigenvalue weighted by atomic mass is 10.1. The molecule has 156 valence electrons. The molecule has 30 heavy (non-hydrogen) atoms. The number of hydrogen-bond donors (Lipinski definition) is 0. The van der Waals surface area contributed by atoms with Crippen LogP contribution in [0.2, 0.25) is 0 Å². The number of aromatic nitrogens is 1. The van der Waals surface area contributed by atoms with E-state index < -0.39 is 38.7 Å². The van der Waals surface area contributed by atoms with E-state index >= 15 is 0 Å². The number of aryl methyl sites for hydroxylation is 1. The highest BCUT2D eigenvalue weighted by Gasteiger charge is 2.38. The molecule has 3 rings (SSSR count). The zero-order valence-electron chi connectivity index (χ0n) is 15.4. The minimum Gasteiger partial charge on any atom is -0.497 e. The number of benzene rings is 2. The summed E-state index contributed by atoms with van der Waals surface area (Å²) in [5.41, 5.74) is -3.11. The van der Waals surface area contributed by atoms with Crippen LogP contribution in [0.1, 0.15) is 11.3 Å². The highest BCUT2D eigenvalue weighted by molar-refractivity contribution is 5.87. The van der Waals surface area contributed by atoms with E-state index in [-0.39, 0.29) is 17.9 Å². The molecule has 0 atom stereocenters. The van der Waals surface area contributed by atoms with Crippen molar-refractivity contribution in [2.24, 2.45) is 0 Å². The molecule has 0 aliphatic rings. The number of alkyl halides is 3. The zero-order chi connectivity index (χ0) is 22.2. The number of nitrogens with zero attached hydrogens (tertiary/aromatic N) is 3. The Balaban J connectivity index is 2.29. The predicted molar refractivity (Wildman–Crippen MR) is 97.9 cm³/mol. The van der Waals surface area contributed by atoms with Crippen molar-refractivity contribution in [2.45, 2.75) is 13.1 Å². The lowest BCUT2D eigenvalue weighted by molar-refractivity contribution is -0.396. The summed E-state index contributed by atoms with van der Waals surface area (Å²) < 4.78 is 49.8. The molecule has 0 saturated heterocycles. The second kappa shape index (κ2) is 7.46. The van der Waals surface area contributed by atoms with Gasteiger partial charge in [0.1, 0.15) is 11.5 Å². The number of nitro benzene ring substituents is 2. The summed E-state index contributed by atoms with van der Waals surface area (Å²) in [7, 11) is 1.40. The third-order valence-corrected chi connectivity index (χ3v) is 4.09. The Kier molecular flexibility index (Phi) is 5.16. The fraction of sp³-hybridized carbons (Fsp3) is 0.167. The minimum atomic E-state index is -5.03. The molecular weight excluding hydrogens is 411 g/mol. The van der Waals surface area contributed by atoms with Crippen LogP contribution in [0.3, 0.4) is 0 Å². The third-order valence-electron chi connectivity index (χ3n) is 4.09. The number of ether oxygens (including phenoxy) is 2. The van der Waals surface area contributed by atoms with Gasteiger partial charge in [0.15, 0.2) is 0 Å². The van der Waals surface area contributed by atoms with Crippen LogP contribution >= 0.6 is 0 Å². The Bertz CT molecular complexity index is 1140. The van der Waals surface area contributed by atoms with Gasteiger partial charge in [0.2, 0.25) is 0 Å². The summed E-state index contributed by atoms with van der Waals surface area (Å²) in [6.45, 7) is 1.59. The molecule has 0 amide bonds. The van der Waals surface area contributed by atoms with Crippen LogP contribution in [0.15, 0.2) is 36.4 Å². The first-order chi connectivity index (χ1) is 14.0. The monoisotopic (exact) mass is 423 g/mol. The molecule has 0 saturated carbocycles. The van der Waals surface area contributed by atoms with E-state index in [2.05, 4.69) is 4.98 Å². The molecule has 0 N–H and O–H groups in total. The molecule has 0 spiro atoms. The van der Waals surface area contributed by atoms with Crippen molar-refractivity contribution in [3.63, 3.8) is 0 Å². The molecular formula is C18H12F3N3O6. The molecule has 12 heteroatoms. The summed E-state index contributed by atoms with van der Waals surface area (Å²) in [5, 5.41) is 23.1. The standard InChI is InChI=1S/C18H12F3N3O6/c1-9-5-16(12-8-11(29-2)3-4-13(12)22-9)30-17-14(23(25)26)6-10(18(19,20)21)7-15(17)24(27)28/h3-8H,1-2H3. The quantitative estimate of drug-likeness (QED) is 0.410. The Morgan fingerprint density at radius 1 is 1.00 bits per heavy atom. The fourth-order valence-electron chi connectivity index (χ4n) is 2.76. The summed E-state index contributed by atoms with van der Waals surface area (Å²) in [5.74, 6) is -0.607. The largest absolute Gasteiger partial charge is 0.497 e. The Hall–Kier alpha value is -3.96. The molecule has 1 heterocycles. The van der Waals surface area contributed by atoms with E-state index in [0.717, 1.165) is 0 Å². The van der Waals surface area contributed by atoms with Crippen molar-refractivity contribution >= 4 is 22.3 Å². The van der Waals surface area contributed by atoms with Gasteiger partial charge >= 0.3 is 17.6 Å². The minimum absolute atomic E-state index is 0.0673. The average molecular weight is 423 g/mol. The predicted octanol–water partition coefficient (Wildman–Crippen LogP) is 5.18. The van der Waals surface area contributed by atoms with Crippen LogP contribution < -0.4 is 9.47 Å². The normalized spacial score (nSPS) is 11.4. The Morgan fingerprint density at radius 3 is 2.10 bits per heavy atom. The van der Waals surface area contributed by atoms with Crippen LogP contribution in [0.5, 0.6) is 17.2 Å². The molecule has 2 aromatic carbocycles. The zero-order valence-corrected chi connectivity index (χ0v) is 15.4. The van der Waals surface area contributed by atoms with Gasteiger partial charge < -0.3 is 9.47 Å². The van der Waals surface area contributed by atoms with Crippen molar-refractivity contribution < 1.29 is 32.5 Å². The van der Waals surface area contributed by atoms with Crippen LogP contribution in [0.25, 0.3) is 10.9 Å². The topological polar surface area (TPSA) is 118 Å². The van der Waals surface area contributed by atoms with Gasteiger partial charge in [0, 0.05) is 29.3 Å². The van der Waals surface area contributed by atoms with E-state index in [9.17, 15) is 33.4 Å². The van der Waals surface area contributed by atoms with Crippen LogP contribution in [0.4, 0.5) is 24.5 Å². The summed E-state index contributed by atoms with van der Waals surface area (Å²) in [6, 6.07) is 6.40. The van der Waals surface area contributed by atoms with Gasteiger partial charge in [-0.1, -0.05) is 0 Å². The highest BCUT2D eigenvalue weighted by Crippen LogP contribution is 2.45. The van der Waals surface area contributed by atoms with E-state index in [0.29, 0.717) is 22.3 Å². The summed E-state index contributed by atoms with van der Waals surface area (Å²) >= 11 is 0. The number of fused-ring (bicyclic) bond motifs is 1. The molecule has 3 aromatic rings. The third kappa shape index (κ3) is 3.92. The highest BCUT2D eigenvalue weighted by atomic mass is 19.4. The SMILES string of the molecule is COc1ccc2nc(C)cc(Oc3c([N+](=O)[O-])cc(C(F)(F)F)cc3[N+](=O)[O-])c2c1. The Labute approximate surface area is 166 Å². The second-order valence-electron chi connectivity index (χ2n) is 6.10.